The number of anilines is 5. The molecule has 11 heteroatoms. The zero-order chi connectivity index (χ0) is 29.6. The maximum atomic E-state index is 14.1. The number of carbonyl (C=O) groups excluding carboxylic acids is 2. The number of carbonyl (C=O) groups is 2. The third-order valence-electron chi connectivity index (χ3n) is 6.55. The van der Waals surface area contributed by atoms with Crippen LogP contribution in [0.1, 0.15) is 16.7 Å². The summed E-state index contributed by atoms with van der Waals surface area (Å²) in [7, 11) is 3.09. The first-order valence-electron chi connectivity index (χ1n) is 12.9. The molecule has 0 aliphatic carbocycles. The number of nitrogens with zero attached hydrogens (tertiary/aromatic N) is 5. The van der Waals surface area contributed by atoms with Gasteiger partial charge in [-0.3, -0.25) is 14.6 Å². The molecule has 0 bridgehead atoms. The molecule has 1 aliphatic heterocycles. The number of aromatic nitrogens is 2. The number of urea groups is 1. The summed E-state index contributed by atoms with van der Waals surface area (Å²) in [6.45, 7) is 3.85. The second-order valence-electron chi connectivity index (χ2n) is 9.24. The van der Waals surface area contributed by atoms with Crippen LogP contribution in [-0.2, 0) is 17.9 Å². The zero-order valence-corrected chi connectivity index (χ0v) is 23.0. The standard InChI is InChI=1S/C31H27N7O4/c1-4-28(39)34-26-10-5-6-11-27(26)35-30-33-17-22-19-37(23-13-24(41-2)15-25(14-23)42-3)31(40)38(29(22)36-30)18-21-9-7-8-20(12-21)16-32/h4-15,17H,1,18-19H2,2-3H3,(H,34,39)(H,33,35,36). The fraction of sp³-hybridized carbons (Fsp3) is 0.129. The minimum absolute atomic E-state index is 0.154. The van der Waals surface area contributed by atoms with Gasteiger partial charge in [-0.25, -0.2) is 9.78 Å². The Balaban J connectivity index is 1.55. The van der Waals surface area contributed by atoms with E-state index in [0.717, 1.165) is 5.56 Å². The monoisotopic (exact) mass is 561 g/mol. The van der Waals surface area contributed by atoms with Gasteiger partial charge in [-0.15, -0.1) is 0 Å². The second-order valence-corrected chi connectivity index (χ2v) is 9.24. The van der Waals surface area contributed by atoms with Crippen molar-refractivity contribution in [2.75, 3.05) is 34.7 Å². The van der Waals surface area contributed by atoms with E-state index >= 15 is 0 Å². The van der Waals surface area contributed by atoms with Crippen LogP contribution in [0.25, 0.3) is 0 Å². The number of hydrogen-bond donors (Lipinski definition) is 2. The molecule has 5 rings (SSSR count). The summed E-state index contributed by atoms with van der Waals surface area (Å²) >= 11 is 0. The lowest BCUT2D eigenvalue weighted by Crippen LogP contribution is -2.47. The van der Waals surface area contributed by atoms with Crippen molar-refractivity contribution in [3.63, 3.8) is 0 Å². The number of nitriles is 1. The largest absolute Gasteiger partial charge is 0.497 e. The van der Waals surface area contributed by atoms with Gasteiger partial charge in [-0.2, -0.15) is 10.2 Å². The molecule has 2 N–H and O–H groups in total. The van der Waals surface area contributed by atoms with Crippen molar-refractivity contribution in [2.24, 2.45) is 0 Å². The van der Waals surface area contributed by atoms with E-state index in [1.807, 2.05) is 12.1 Å². The highest BCUT2D eigenvalue weighted by molar-refractivity contribution is 6.05. The van der Waals surface area contributed by atoms with Gasteiger partial charge in [0.25, 0.3) is 0 Å². The highest BCUT2D eigenvalue weighted by atomic mass is 16.5. The number of hydrogen-bond acceptors (Lipinski definition) is 8. The maximum absolute atomic E-state index is 14.1. The molecule has 3 amide bonds. The van der Waals surface area contributed by atoms with Crippen molar-refractivity contribution in [1.82, 2.24) is 9.97 Å². The van der Waals surface area contributed by atoms with Gasteiger partial charge in [-0.1, -0.05) is 30.8 Å². The highest BCUT2D eigenvalue weighted by Crippen LogP contribution is 2.36. The molecular weight excluding hydrogens is 534 g/mol. The molecule has 0 atom stereocenters. The lowest BCUT2D eigenvalue weighted by Gasteiger charge is -2.36. The second kappa shape index (κ2) is 12.1. The molecule has 3 aromatic carbocycles. The summed E-state index contributed by atoms with van der Waals surface area (Å²) in [5.74, 6) is 1.36. The summed E-state index contributed by atoms with van der Waals surface area (Å²) in [6.07, 6.45) is 2.84. The van der Waals surface area contributed by atoms with Crippen molar-refractivity contribution >= 4 is 40.8 Å². The Kier molecular flexibility index (Phi) is 7.97. The van der Waals surface area contributed by atoms with Gasteiger partial charge in [0.2, 0.25) is 11.9 Å². The van der Waals surface area contributed by atoms with Gasteiger partial charge in [0.05, 0.1) is 56.0 Å². The summed E-state index contributed by atoms with van der Waals surface area (Å²) < 4.78 is 10.9. The van der Waals surface area contributed by atoms with Gasteiger partial charge < -0.3 is 20.1 Å². The van der Waals surface area contributed by atoms with Crippen LogP contribution in [0.15, 0.2) is 85.6 Å². The molecule has 210 valence electrons. The molecule has 0 saturated heterocycles. The molecule has 0 fully saturated rings. The number of nitrogens with one attached hydrogen (secondary N) is 2. The van der Waals surface area contributed by atoms with E-state index in [0.29, 0.717) is 45.5 Å². The molecule has 0 radical (unpaired) electrons. The summed E-state index contributed by atoms with van der Waals surface area (Å²) in [5.41, 5.74) is 3.59. The lowest BCUT2D eigenvalue weighted by molar-refractivity contribution is -0.111. The number of fused-ring (bicyclic) bond motifs is 1. The topological polar surface area (TPSA) is 133 Å². The fourth-order valence-corrected chi connectivity index (χ4v) is 4.50. The third-order valence-corrected chi connectivity index (χ3v) is 6.55. The summed E-state index contributed by atoms with van der Waals surface area (Å²) in [5, 5.41) is 15.3. The quantitative estimate of drug-likeness (QED) is 0.260. The van der Waals surface area contributed by atoms with Crippen LogP contribution in [0, 0.1) is 11.3 Å². The molecule has 11 nitrogen and oxygen atoms in total. The molecule has 0 spiro atoms. The van der Waals surface area contributed by atoms with Crippen molar-refractivity contribution in [3.05, 3.63) is 102 Å². The molecule has 0 unspecified atom stereocenters. The Morgan fingerprint density at radius 1 is 1.07 bits per heavy atom. The third kappa shape index (κ3) is 5.83. The van der Waals surface area contributed by atoms with Crippen molar-refractivity contribution < 1.29 is 19.1 Å². The van der Waals surface area contributed by atoms with E-state index in [1.54, 1.807) is 84.8 Å². The first-order chi connectivity index (χ1) is 20.4. The molecule has 42 heavy (non-hydrogen) atoms. The first kappa shape index (κ1) is 27.7. The van der Waals surface area contributed by atoms with Crippen LogP contribution in [-0.4, -0.2) is 36.1 Å². The molecule has 1 aliphatic rings. The maximum Gasteiger partial charge on any atom is 0.330 e. The number of para-hydroxylation sites is 2. The molecule has 1 aromatic heterocycles. The van der Waals surface area contributed by atoms with Crippen molar-refractivity contribution in [2.45, 2.75) is 13.1 Å². The van der Waals surface area contributed by atoms with Crippen molar-refractivity contribution in [3.8, 4) is 17.6 Å². The van der Waals surface area contributed by atoms with E-state index in [9.17, 15) is 14.9 Å². The van der Waals surface area contributed by atoms with Crippen molar-refractivity contribution in [1.29, 1.82) is 5.26 Å². The van der Waals surface area contributed by atoms with Crippen LogP contribution < -0.4 is 29.9 Å². The average Bonchev–Trinajstić information content (AvgIpc) is 3.03. The Bertz CT molecular complexity index is 1690. The molecular formula is C31H27N7O4. The van der Waals surface area contributed by atoms with Crippen LogP contribution in [0.2, 0.25) is 0 Å². The highest BCUT2D eigenvalue weighted by Gasteiger charge is 2.34. The van der Waals surface area contributed by atoms with Gasteiger partial charge in [0.1, 0.15) is 17.3 Å². The fourth-order valence-electron chi connectivity index (χ4n) is 4.50. The van der Waals surface area contributed by atoms with Crippen LogP contribution in [0.5, 0.6) is 11.5 Å². The molecule has 0 saturated carbocycles. The predicted molar refractivity (Wildman–Crippen MR) is 159 cm³/mol. The van der Waals surface area contributed by atoms with Gasteiger partial charge in [0, 0.05) is 30.0 Å². The number of methoxy groups -OCH3 is 2. The Morgan fingerprint density at radius 2 is 1.81 bits per heavy atom. The SMILES string of the molecule is C=CC(=O)Nc1ccccc1Nc1ncc2c(n1)N(Cc1cccc(C#N)c1)C(=O)N(c1cc(OC)cc(OC)c1)C2. The predicted octanol–water partition coefficient (Wildman–Crippen LogP) is 5.38. The minimum atomic E-state index is -0.360. The normalized spacial score (nSPS) is 12.2. The Hall–Kier alpha value is -5.89. The van der Waals surface area contributed by atoms with E-state index in [1.165, 1.54) is 6.08 Å². The zero-order valence-electron chi connectivity index (χ0n) is 23.0. The van der Waals surface area contributed by atoms with Gasteiger partial charge in [-0.05, 0) is 35.9 Å². The van der Waals surface area contributed by atoms with E-state index < -0.39 is 0 Å². The summed E-state index contributed by atoms with van der Waals surface area (Å²) in [4.78, 5) is 38.4. The minimum Gasteiger partial charge on any atom is -0.497 e. The van der Waals surface area contributed by atoms with E-state index in [2.05, 4.69) is 28.3 Å². The first-order valence-corrected chi connectivity index (χ1v) is 12.9. The van der Waals surface area contributed by atoms with Crippen LogP contribution >= 0.6 is 0 Å². The van der Waals surface area contributed by atoms with Crippen LogP contribution in [0.4, 0.5) is 33.6 Å². The van der Waals surface area contributed by atoms with Gasteiger partial charge >= 0.3 is 6.03 Å². The number of benzene rings is 3. The Morgan fingerprint density at radius 3 is 2.50 bits per heavy atom. The Labute approximate surface area is 242 Å². The average molecular weight is 562 g/mol. The molecule has 2 heterocycles. The number of rotatable bonds is 9. The van der Waals surface area contributed by atoms with E-state index in [-0.39, 0.29) is 31.0 Å². The van der Waals surface area contributed by atoms with E-state index in [4.69, 9.17) is 14.5 Å². The number of ether oxygens (including phenoxy) is 2. The number of amides is 3. The summed E-state index contributed by atoms with van der Waals surface area (Å²) in [6, 6.07) is 21.2. The molecule has 4 aromatic rings. The lowest BCUT2D eigenvalue weighted by atomic mass is 10.1. The smallest absolute Gasteiger partial charge is 0.330 e. The van der Waals surface area contributed by atoms with Gasteiger partial charge in [0.15, 0.2) is 0 Å². The van der Waals surface area contributed by atoms with Crippen LogP contribution in [0.3, 0.4) is 0 Å².